The van der Waals surface area contributed by atoms with Crippen LogP contribution in [-0.2, 0) is 28.8 Å². The van der Waals surface area contributed by atoms with Crippen LogP contribution in [0.2, 0.25) is 0 Å². The molecule has 4 unspecified atom stereocenters. The molecule has 0 bridgehead atoms. The summed E-state index contributed by atoms with van der Waals surface area (Å²) in [5.74, 6) is -4.33. The molecular weight excluding hydrogens is 494 g/mol. The van der Waals surface area contributed by atoms with Gasteiger partial charge in [0, 0.05) is 12.8 Å². The average molecular weight is 534 g/mol. The Hall–Kier alpha value is -2.91. The van der Waals surface area contributed by atoms with Crippen molar-refractivity contribution in [3.8, 4) is 0 Å². The van der Waals surface area contributed by atoms with E-state index in [0.717, 1.165) is 0 Å². The highest BCUT2D eigenvalue weighted by Gasteiger charge is 2.30. The number of aliphatic carboxylic acids is 1. The Balaban J connectivity index is 5.55. The number of carbonyl (C=O) groups is 6. The van der Waals surface area contributed by atoms with Crippen LogP contribution in [0, 0.1) is 0 Å². The summed E-state index contributed by atoms with van der Waals surface area (Å²) < 4.78 is 0. The minimum absolute atomic E-state index is 0.126. The highest BCUT2D eigenvalue weighted by molar-refractivity contribution is 7.98. The SMILES string of the molecule is CSCCC(N)C(=O)NC(CCC(N)=O)C(=O)NC(CCCCN)C(=O)NC(CCC(N)=O)C(=O)O. The molecule has 14 nitrogen and oxygen atoms in total. The fourth-order valence-electron chi connectivity index (χ4n) is 3.06. The number of carboxylic acid groups (broad SMARTS) is 1. The van der Waals surface area contributed by atoms with Gasteiger partial charge in [-0.3, -0.25) is 24.0 Å². The summed E-state index contributed by atoms with van der Waals surface area (Å²) in [7, 11) is 0. The Morgan fingerprint density at radius 2 is 1.22 bits per heavy atom. The molecule has 0 heterocycles. The van der Waals surface area contributed by atoms with Gasteiger partial charge in [-0.05, 0) is 57.1 Å². The lowest BCUT2D eigenvalue weighted by Gasteiger charge is -2.25. The number of carboxylic acids is 1. The first-order valence-corrected chi connectivity index (χ1v) is 13.0. The van der Waals surface area contributed by atoms with Crippen LogP contribution >= 0.6 is 11.8 Å². The van der Waals surface area contributed by atoms with Crippen LogP contribution in [0.1, 0.15) is 51.4 Å². The molecule has 0 saturated carbocycles. The molecule has 0 saturated heterocycles. The molecule has 5 amide bonds. The van der Waals surface area contributed by atoms with E-state index in [9.17, 15) is 33.9 Å². The first kappa shape index (κ1) is 33.1. The van der Waals surface area contributed by atoms with Gasteiger partial charge in [-0.25, -0.2) is 4.79 Å². The second kappa shape index (κ2) is 18.4. The van der Waals surface area contributed by atoms with Crippen LogP contribution in [0.5, 0.6) is 0 Å². The summed E-state index contributed by atoms with van der Waals surface area (Å²) in [5, 5.41) is 16.7. The second-order valence-corrected chi connectivity index (χ2v) is 9.19. The molecule has 0 fully saturated rings. The van der Waals surface area contributed by atoms with Crippen LogP contribution in [0.25, 0.3) is 0 Å². The first-order valence-electron chi connectivity index (χ1n) is 11.6. The highest BCUT2D eigenvalue weighted by atomic mass is 32.2. The van der Waals surface area contributed by atoms with Crippen molar-refractivity contribution in [1.82, 2.24) is 16.0 Å². The Bertz CT molecular complexity index is 769. The molecule has 36 heavy (non-hydrogen) atoms. The number of hydrogen-bond donors (Lipinski definition) is 8. The molecule has 0 spiro atoms. The summed E-state index contributed by atoms with van der Waals surface area (Å²) in [6.45, 7) is 0.337. The van der Waals surface area contributed by atoms with E-state index in [1.54, 1.807) is 0 Å². The van der Waals surface area contributed by atoms with Gasteiger partial charge >= 0.3 is 5.97 Å². The van der Waals surface area contributed by atoms with Gasteiger partial charge in [-0.2, -0.15) is 11.8 Å². The van der Waals surface area contributed by atoms with Gasteiger partial charge in [-0.1, -0.05) is 0 Å². The van der Waals surface area contributed by atoms with Gasteiger partial charge in [0.2, 0.25) is 29.5 Å². The largest absolute Gasteiger partial charge is 0.480 e. The fourth-order valence-corrected chi connectivity index (χ4v) is 3.55. The van der Waals surface area contributed by atoms with Crippen LogP contribution in [0.3, 0.4) is 0 Å². The number of rotatable bonds is 20. The molecule has 0 aromatic carbocycles. The smallest absolute Gasteiger partial charge is 0.326 e. The topological polar surface area (TPSA) is 263 Å². The van der Waals surface area contributed by atoms with E-state index in [0.29, 0.717) is 31.6 Å². The van der Waals surface area contributed by atoms with Crippen LogP contribution < -0.4 is 38.9 Å². The Morgan fingerprint density at radius 1 is 0.750 bits per heavy atom. The van der Waals surface area contributed by atoms with E-state index in [4.69, 9.17) is 22.9 Å². The molecule has 12 N–H and O–H groups in total. The molecule has 15 heteroatoms. The summed E-state index contributed by atoms with van der Waals surface area (Å²) in [5.41, 5.74) is 21.6. The maximum Gasteiger partial charge on any atom is 0.326 e. The van der Waals surface area contributed by atoms with E-state index in [1.165, 1.54) is 11.8 Å². The minimum Gasteiger partial charge on any atom is -0.480 e. The van der Waals surface area contributed by atoms with Crippen LogP contribution in [0.4, 0.5) is 0 Å². The molecule has 0 rings (SSSR count). The van der Waals surface area contributed by atoms with Gasteiger partial charge in [0.25, 0.3) is 0 Å². The number of unbranched alkanes of at least 4 members (excludes halogenated alkanes) is 1. The molecule has 206 valence electrons. The lowest BCUT2D eigenvalue weighted by Crippen LogP contribution is -2.57. The molecule has 0 aliphatic carbocycles. The van der Waals surface area contributed by atoms with Gasteiger partial charge in [0.05, 0.1) is 6.04 Å². The molecule has 4 atom stereocenters. The lowest BCUT2D eigenvalue weighted by molar-refractivity contribution is -0.142. The normalized spacial score (nSPS) is 14.1. The number of primary amides is 2. The zero-order chi connectivity index (χ0) is 27.7. The summed E-state index contributed by atoms with van der Waals surface area (Å²) in [6.07, 6.45) is 2.48. The zero-order valence-corrected chi connectivity index (χ0v) is 21.3. The van der Waals surface area contributed by atoms with Gasteiger partial charge in [-0.15, -0.1) is 0 Å². The quantitative estimate of drug-likeness (QED) is 0.0748. The maximum absolute atomic E-state index is 13.0. The summed E-state index contributed by atoms with van der Waals surface area (Å²) in [4.78, 5) is 72.1. The molecule has 0 aromatic rings. The predicted molar refractivity (Wildman–Crippen MR) is 134 cm³/mol. The van der Waals surface area contributed by atoms with Crippen molar-refractivity contribution >= 4 is 47.3 Å². The summed E-state index contributed by atoms with van der Waals surface area (Å²) >= 11 is 1.50. The van der Waals surface area contributed by atoms with Crippen LogP contribution in [-0.4, -0.2) is 83.3 Å². The number of thioether (sulfide) groups is 1. The van der Waals surface area contributed by atoms with Gasteiger partial charge in [0.1, 0.15) is 18.1 Å². The molecule has 0 aromatic heterocycles. The average Bonchev–Trinajstić information content (AvgIpc) is 2.81. The zero-order valence-electron chi connectivity index (χ0n) is 20.5. The predicted octanol–water partition coefficient (Wildman–Crippen LogP) is -2.73. The van der Waals surface area contributed by atoms with Crippen molar-refractivity contribution in [1.29, 1.82) is 0 Å². The molecule has 0 radical (unpaired) electrons. The Kier molecular flexibility index (Phi) is 16.9. The number of nitrogens with one attached hydrogen (secondary N) is 3. The Morgan fingerprint density at radius 3 is 1.69 bits per heavy atom. The van der Waals surface area contributed by atoms with Crippen molar-refractivity contribution in [3.05, 3.63) is 0 Å². The minimum atomic E-state index is -1.40. The fraction of sp³-hybridized carbons (Fsp3) is 0.714. The first-order chi connectivity index (χ1) is 16.9. The maximum atomic E-state index is 13.0. The third-order valence-electron chi connectivity index (χ3n) is 5.16. The number of amides is 5. The number of hydrogen-bond acceptors (Lipinski definition) is 9. The van der Waals surface area contributed by atoms with Crippen molar-refractivity contribution in [2.45, 2.75) is 75.5 Å². The van der Waals surface area contributed by atoms with E-state index in [-0.39, 0.29) is 32.1 Å². The summed E-state index contributed by atoms with van der Waals surface area (Å²) in [6, 6.07) is -4.66. The van der Waals surface area contributed by atoms with Crippen molar-refractivity contribution in [2.75, 3.05) is 18.6 Å². The van der Waals surface area contributed by atoms with Gasteiger partial charge in [0.15, 0.2) is 0 Å². The monoisotopic (exact) mass is 533 g/mol. The third-order valence-corrected chi connectivity index (χ3v) is 5.80. The second-order valence-electron chi connectivity index (χ2n) is 8.20. The Labute approximate surface area is 214 Å². The lowest BCUT2D eigenvalue weighted by atomic mass is 10.0. The molecule has 0 aliphatic rings. The number of carbonyl (C=O) groups excluding carboxylic acids is 5. The molecular formula is C21H39N7O7S. The standard InChI is InChI=1S/C21H39N7O7S/c1-36-11-9-12(23)18(31)26-14(5-7-16(24)29)20(33)27-13(4-2-3-10-22)19(32)28-15(21(34)35)6-8-17(25)30/h12-15H,2-11,22-23H2,1H3,(H2,24,29)(H2,25,30)(H,26,31)(H,27,33)(H,28,32)(H,34,35). The third kappa shape index (κ3) is 14.5. The van der Waals surface area contributed by atoms with Crippen molar-refractivity contribution in [2.24, 2.45) is 22.9 Å². The van der Waals surface area contributed by atoms with E-state index in [1.807, 2.05) is 6.26 Å². The van der Waals surface area contributed by atoms with Gasteiger partial charge < -0.3 is 44.0 Å². The van der Waals surface area contributed by atoms with Crippen LogP contribution in [0.15, 0.2) is 0 Å². The van der Waals surface area contributed by atoms with E-state index in [2.05, 4.69) is 16.0 Å². The van der Waals surface area contributed by atoms with Crippen molar-refractivity contribution in [3.63, 3.8) is 0 Å². The molecule has 0 aliphatic heterocycles. The van der Waals surface area contributed by atoms with E-state index >= 15 is 0 Å². The number of nitrogens with two attached hydrogens (primary N) is 4. The van der Waals surface area contributed by atoms with E-state index < -0.39 is 59.7 Å². The highest BCUT2D eigenvalue weighted by Crippen LogP contribution is 2.07. The van der Waals surface area contributed by atoms with Crippen molar-refractivity contribution < 1.29 is 33.9 Å².